The number of piperidine rings is 1. The number of aliphatic carboxylic acids is 1. The summed E-state index contributed by atoms with van der Waals surface area (Å²) in [5.41, 5.74) is -0.415. The molecule has 2 rings (SSSR count). The summed E-state index contributed by atoms with van der Waals surface area (Å²) in [7, 11) is 0. The van der Waals surface area contributed by atoms with Crippen molar-refractivity contribution < 1.29 is 15.0 Å². The van der Waals surface area contributed by atoms with Gasteiger partial charge in [-0.15, -0.1) is 0 Å². The second-order valence-electron chi connectivity index (χ2n) is 5.59. The fourth-order valence-electron chi connectivity index (χ4n) is 3.30. The van der Waals surface area contributed by atoms with E-state index in [2.05, 4.69) is 4.90 Å². The molecule has 2 fully saturated rings. The maximum atomic E-state index is 10.5. The van der Waals surface area contributed by atoms with E-state index in [0.29, 0.717) is 5.92 Å². The number of carboxylic acid groups (broad SMARTS) is 1. The average molecular weight is 241 g/mol. The molecule has 2 aliphatic rings. The molecule has 1 saturated heterocycles. The van der Waals surface area contributed by atoms with Crippen LogP contribution in [0.3, 0.4) is 0 Å². The van der Waals surface area contributed by atoms with Gasteiger partial charge in [0.15, 0.2) is 0 Å². The predicted octanol–water partition coefficient (Wildman–Crippen LogP) is 1.48. The minimum absolute atomic E-state index is 0.255. The molecule has 0 aromatic heterocycles. The van der Waals surface area contributed by atoms with Crippen molar-refractivity contribution in [2.75, 3.05) is 19.6 Å². The van der Waals surface area contributed by atoms with Gasteiger partial charge in [0.25, 0.3) is 0 Å². The van der Waals surface area contributed by atoms with Gasteiger partial charge in [-0.2, -0.15) is 0 Å². The van der Waals surface area contributed by atoms with Crippen LogP contribution in [0.5, 0.6) is 0 Å². The number of hydrogen-bond donors (Lipinski definition) is 2. The molecule has 2 unspecified atom stereocenters. The van der Waals surface area contributed by atoms with Gasteiger partial charge in [-0.25, -0.2) is 0 Å². The van der Waals surface area contributed by atoms with E-state index in [1.165, 1.54) is 6.42 Å². The van der Waals surface area contributed by atoms with Gasteiger partial charge in [-0.3, -0.25) is 4.79 Å². The smallest absolute Gasteiger partial charge is 0.303 e. The van der Waals surface area contributed by atoms with Gasteiger partial charge in [0.1, 0.15) is 0 Å². The summed E-state index contributed by atoms with van der Waals surface area (Å²) in [4.78, 5) is 12.8. The first kappa shape index (κ1) is 12.8. The van der Waals surface area contributed by atoms with Crippen molar-refractivity contribution in [3.8, 4) is 0 Å². The van der Waals surface area contributed by atoms with Gasteiger partial charge in [0.2, 0.25) is 0 Å². The summed E-state index contributed by atoms with van der Waals surface area (Å²) >= 11 is 0. The Morgan fingerprint density at radius 3 is 2.94 bits per heavy atom. The van der Waals surface area contributed by atoms with Crippen molar-refractivity contribution >= 4 is 5.97 Å². The zero-order chi connectivity index (χ0) is 12.3. The molecule has 4 nitrogen and oxygen atoms in total. The summed E-state index contributed by atoms with van der Waals surface area (Å²) in [5, 5.41) is 19.1. The Hall–Kier alpha value is -0.610. The van der Waals surface area contributed by atoms with Crippen LogP contribution in [0.1, 0.15) is 44.9 Å². The van der Waals surface area contributed by atoms with Crippen LogP contribution in [0.15, 0.2) is 0 Å². The molecule has 0 aromatic carbocycles. The van der Waals surface area contributed by atoms with E-state index in [1.807, 2.05) is 0 Å². The monoisotopic (exact) mass is 241 g/mol. The minimum Gasteiger partial charge on any atom is -0.481 e. The Bertz CT molecular complexity index is 282. The van der Waals surface area contributed by atoms with Crippen molar-refractivity contribution in [1.29, 1.82) is 0 Å². The molecule has 98 valence electrons. The van der Waals surface area contributed by atoms with Crippen molar-refractivity contribution in [1.82, 2.24) is 4.90 Å². The molecule has 2 atom stereocenters. The second kappa shape index (κ2) is 5.36. The van der Waals surface area contributed by atoms with Gasteiger partial charge >= 0.3 is 5.97 Å². The summed E-state index contributed by atoms with van der Waals surface area (Å²) in [6.07, 6.45) is 6.32. The van der Waals surface area contributed by atoms with E-state index in [4.69, 9.17) is 5.11 Å². The highest BCUT2D eigenvalue weighted by Crippen LogP contribution is 2.39. The molecule has 0 aromatic rings. The Morgan fingerprint density at radius 2 is 2.18 bits per heavy atom. The highest BCUT2D eigenvalue weighted by atomic mass is 16.4. The van der Waals surface area contributed by atoms with Crippen molar-refractivity contribution in [3.63, 3.8) is 0 Å². The van der Waals surface area contributed by atoms with E-state index in [0.717, 1.165) is 51.7 Å². The number of carboxylic acids is 1. The van der Waals surface area contributed by atoms with Crippen LogP contribution in [0.25, 0.3) is 0 Å². The summed E-state index contributed by atoms with van der Waals surface area (Å²) in [6, 6.07) is 0. The SMILES string of the molecule is O=C(O)CCCN1CCC2(O)CCCCC2C1. The van der Waals surface area contributed by atoms with E-state index in [1.54, 1.807) is 0 Å². The number of likely N-dealkylation sites (tertiary alicyclic amines) is 1. The van der Waals surface area contributed by atoms with Gasteiger partial charge in [0.05, 0.1) is 5.60 Å². The molecule has 0 spiro atoms. The highest BCUT2D eigenvalue weighted by molar-refractivity contribution is 5.66. The topological polar surface area (TPSA) is 60.8 Å². The lowest BCUT2D eigenvalue weighted by Crippen LogP contribution is -2.53. The third kappa shape index (κ3) is 3.19. The summed E-state index contributed by atoms with van der Waals surface area (Å²) in [6.45, 7) is 2.74. The van der Waals surface area contributed by atoms with Gasteiger partial charge in [-0.1, -0.05) is 12.8 Å². The van der Waals surface area contributed by atoms with Crippen molar-refractivity contribution in [2.24, 2.45) is 5.92 Å². The number of nitrogens with zero attached hydrogens (tertiary/aromatic N) is 1. The van der Waals surface area contributed by atoms with E-state index >= 15 is 0 Å². The van der Waals surface area contributed by atoms with Crippen LogP contribution < -0.4 is 0 Å². The Labute approximate surface area is 103 Å². The van der Waals surface area contributed by atoms with Gasteiger partial charge in [-0.05, 0) is 32.2 Å². The Balaban J connectivity index is 1.79. The standard InChI is InChI=1S/C13H23NO3/c15-12(16)5-3-8-14-9-7-13(17)6-2-1-4-11(13)10-14/h11,17H,1-10H2,(H,15,16). The molecule has 0 bridgehead atoms. The van der Waals surface area contributed by atoms with Gasteiger partial charge < -0.3 is 15.1 Å². The average Bonchev–Trinajstić information content (AvgIpc) is 2.28. The lowest BCUT2D eigenvalue weighted by atomic mass is 9.71. The minimum atomic E-state index is -0.712. The molecule has 1 aliphatic carbocycles. The molecule has 0 radical (unpaired) electrons. The van der Waals surface area contributed by atoms with Crippen LogP contribution in [0.2, 0.25) is 0 Å². The molecular formula is C13H23NO3. The Morgan fingerprint density at radius 1 is 1.35 bits per heavy atom. The number of fused-ring (bicyclic) bond motifs is 1. The fourth-order valence-corrected chi connectivity index (χ4v) is 3.30. The molecular weight excluding hydrogens is 218 g/mol. The summed E-state index contributed by atoms with van der Waals surface area (Å²) < 4.78 is 0. The van der Waals surface area contributed by atoms with Crippen LogP contribution in [0.4, 0.5) is 0 Å². The Kier molecular flexibility index (Phi) is 4.05. The zero-order valence-electron chi connectivity index (χ0n) is 10.4. The number of rotatable bonds is 4. The third-order valence-corrected chi connectivity index (χ3v) is 4.38. The maximum absolute atomic E-state index is 10.5. The van der Waals surface area contributed by atoms with E-state index < -0.39 is 11.6 Å². The predicted molar refractivity (Wildman–Crippen MR) is 64.8 cm³/mol. The first-order valence-electron chi connectivity index (χ1n) is 6.77. The zero-order valence-corrected chi connectivity index (χ0v) is 10.4. The maximum Gasteiger partial charge on any atom is 0.303 e. The van der Waals surface area contributed by atoms with Crippen LogP contribution in [0, 0.1) is 5.92 Å². The first-order valence-corrected chi connectivity index (χ1v) is 6.77. The molecule has 1 saturated carbocycles. The first-order chi connectivity index (χ1) is 8.10. The number of aliphatic hydroxyl groups is 1. The van der Waals surface area contributed by atoms with Gasteiger partial charge in [0, 0.05) is 25.4 Å². The molecule has 0 amide bonds. The third-order valence-electron chi connectivity index (χ3n) is 4.38. The molecule has 1 aliphatic heterocycles. The number of hydrogen-bond acceptors (Lipinski definition) is 3. The largest absolute Gasteiger partial charge is 0.481 e. The normalized spacial score (nSPS) is 34.3. The summed E-state index contributed by atoms with van der Waals surface area (Å²) in [5.74, 6) is -0.300. The fraction of sp³-hybridized carbons (Fsp3) is 0.923. The lowest BCUT2D eigenvalue weighted by molar-refractivity contribution is -0.137. The van der Waals surface area contributed by atoms with Crippen molar-refractivity contribution in [3.05, 3.63) is 0 Å². The molecule has 1 heterocycles. The van der Waals surface area contributed by atoms with E-state index in [9.17, 15) is 9.90 Å². The lowest BCUT2D eigenvalue weighted by Gasteiger charge is -2.47. The molecule has 2 N–H and O–H groups in total. The van der Waals surface area contributed by atoms with Crippen LogP contribution in [-0.2, 0) is 4.79 Å². The quantitative estimate of drug-likeness (QED) is 0.782. The second-order valence-corrected chi connectivity index (χ2v) is 5.59. The van der Waals surface area contributed by atoms with Crippen LogP contribution in [-0.4, -0.2) is 46.3 Å². The van der Waals surface area contributed by atoms with Crippen LogP contribution >= 0.6 is 0 Å². The van der Waals surface area contributed by atoms with Crippen molar-refractivity contribution in [2.45, 2.75) is 50.5 Å². The highest BCUT2D eigenvalue weighted by Gasteiger charge is 2.42. The molecule has 4 heteroatoms. The van der Waals surface area contributed by atoms with E-state index in [-0.39, 0.29) is 6.42 Å². The number of carbonyl (C=O) groups is 1. The molecule has 17 heavy (non-hydrogen) atoms.